The summed E-state index contributed by atoms with van der Waals surface area (Å²) in [5.74, 6) is 0.329. The highest BCUT2D eigenvalue weighted by Crippen LogP contribution is 2.15. The molecule has 0 saturated heterocycles. The highest BCUT2D eigenvalue weighted by atomic mass is 35.5. The summed E-state index contributed by atoms with van der Waals surface area (Å²) in [7, 11) is 0. The number of ether oxygens (including phenoxy) is 2. The van der Waals surface area contributed by atoms with Crippen LogP contribution in [0.2, 0.25) is 5.02 Å². The first-order valence-corrected chi connectivity index (χ1v) is 9.14. The van der Waals surface area contributed by atoms with Crippen LogP contribution < -0.4 is 14.9 Å². The van der Waals surface area contributed by atoms with Gasteiger partial charge in [0, 0.05) is 5.02 Å². The summed E-state index contributed by atoms with van der Waals surface area (Å²) >= 11 is 5.86. The van der Waals surface area contributed by atoms with Gasteiger partial charge < -0.3 is 9.47 Å². The molecule has 0 heterocycles. The number of rotatable bonds is 8. The average Bonchev–Trinajstić information content (AvgIpc) is 2.74. The van der Waals surface area contributed by atoms with E-state index in [4.69, 9.17) is 21.1 Å². The van der Waals surface area contributed by atoms with Crippen molar-refractivity contribution in [3.05, 3.63) is 94.8 Å². The monoisotopic (exact) mass is 412 g/mol. The minimum atomic E-state index is -0.423. The summed E-state index contributed by atoms with van der Waals surface area (Å²) in [4.78, 5) is 11.7. The molecule has 1 N–H and O–H groups in total. The van der Waals surface area contributed by atoms with Gasteiger partial charge in [-0.25, -0.2) is 9.82 Å². The van der Waals surface area contributed by atoms with Crippen molar-refractivity contribution < 1.29 is 18.7 Å². The molecule has 0 atom stereocenters. The van der Waals surface area contributed by atoms with Gasteiger partial charge in [0.1, 0.15) is 23.9 Å². The Hall–Kier alpha value is -3.38. The second-order valence-corrected chi connectivity index (χ2v) is 6.46. The predicted octanol–water partition coefficient (Wildman–Crippen LogP) is 4.59. The smallest absolute Gasteiger partial charge is 0.277 e. The molecule has 0 aliphatic heterocycles. The molecule has 0 radical (unpaired) electrons. The van der Waals surface area contributed by atoms with Crippen LogP contribution in [0, 0.1) is 5.82 Å². The Morgan fingerprint density at radius 3 is 2.24 bits per heavy atom. The van der Waals surface area contributed by atoms with E-state index in [0.29, 0.717) is 23.1 Å². The largest absolute Gasteiger partial charge is 0.489 e. The minimum Gasteiger partial charge on any atom is -0.489 e. The molecule has 0 aliphatic carbocycles. The third kappa shape index (κ3) is 6.93. The summed E-state index contributed by atoms with van der Waals surface area (Å²) in [6.45, 7) is 0.217. The quantitative estimate of drug-likeness (QED) is 0.435. The van der Waals surface area contributed by atoms with Gasteiger partial charge in [0.05, 0.1) is 6.21 Å². The first-order valence-electron chi connectivity index (χ1n) is 8.76. The lowest BCUT2D eigenvalue weighted by Crippen LogP contribution is -2.24. The lowest BCUT2D eigenvalue weighted by Gasteiger charge is -2.06. The molecule has 0 aliphatic rings. The van der Waals surface area contributed by atoms with Crippen molar-refractivity contribution >= 4 is 23.7 Å². The van der Waals surface area contributed by atoms with Crippen LogP contribution in [0.4, 0.5) is 4.39 Å². The zero-order valence-electron chi connectivity index (χ0n) is 15.3. The molecular weight excluding hydrogens is 395 g/mol. The maximum Gasteiger partial charge on any atom is 0.277 e. The molecule has 0 fully saturated rings. The fourth-order valence-corrected chi connectivity index (χ4v) is 2.41. The van der Waals surface area contributed by atoms with E-state index in [2.05, 4.69) is 10.5 Å². The first-order chi connectivity index (χ1) is 14.1. The van der Waals surface area contributed by atoms with Crippen molar-refractivity contribution in [3.8, 4) is 11.5 Å². The number of hydrogen-bond acceptors (Lipinski definition) is 4. The number of benzene rings is 3. The number of nitrogens with zero attached hydrogens (tertiary/aromatic N) is 1. The van der Waals surface area contributed by atoms with Gasteiger partial charge in [-0.15, -0.1) is 0 Å². The van der Waals surface area contributed by atoms with Crippen LogP contribution in [0.15, 0.2) is 77.9 Å². The second kappa shape index (κ2) is 10.2. The number of carbonyl (C=O) groups is 1. The van der Waals surface area contributed by atoms with E-state index in [-0.39, 0.29) is 12.4 Å². The fraction of sp³-hybridized carbons (Fsp3) is 0.0909. The molecule has 1 amide bonds. The number of nitrogens with one attached hydrogen (secondary N) is 1. The van der Waals surface area contributed by atoms with Crippen LogP contribution >= 0.6 is 11.6 Å². The van der Waals surface area contributed by atoms with Crippen LogP contribution in [-0.4, -0.2) is 18.7 Å². The summed E-state index contributed by atoms with van der Waals surface area (Å²) in [6.07, 6.45) is 1.51. The van der Waals surface area contributed by atoms with Crippen molar-refractivity contribution in [1.29, 1.82) is 0 Å². The minimum absolute atomic E-state index is 0.222. The molecule has 3 aromatic carbocycles. The third-order valence-corrected chi connectivity index (χ3v) is 4.04. The summed E-state index contributed by atoms with van der Waals surface area (Å²) in [5.41, 5.74) is 4.18. The molecule has 0 unspecified atom stereocenters. The number of carbonyl (C=O) groups excluding carboxylic acids is 1. The van der Waals surface area contributed by atoms with E-state index in [0.717, 1.165) is 11.1 Å². The van der Waals surface area contributed by atoms with Gasteiger partial charge >= 0.3 is 0 Å². The molecule has 0 bridgehead atoms. The normalized spacial score (nSPS) is 10.7. The Bertz CT molecular complexity index is 959. The molecule has 0 aromatic heterocycles. The van der Waals surface area contributed by atoms with Crippen LogP contribution in [0.1, 0.15) is 11.1 Å². The number of hydrogen-bond donors (Lipinski definition) is 1. The lowest BCUT2D eigenvalue weighted by atomic mass is 10.2. The predicted molar refractivity (Wildman–Crippen MR) is 110 cm³/mol. The Morgan fingerprint density at radius 2 is 1.55 bits per heavy atom. The Morgan fingerprint density at radius 1 is 0.931 bits per heavy atom. The maximum atomic E-state index is 12.8. The molecule has 29 heavy (non-hydrogen) atoms. The molecule has 0 spiro atoms. The summed E-state index contributed by atoms with van der Waals surface area (Å²) in [6, 6.07) is 20.1. The molecule has 3 rings (SSSR count). The maximum absolute atomic E-state index is 12.8. The highest BCUT2D eigenvalue weighted by Gasteiger charge is 2.02. The fourth-order valence-electron chi connectivity index (χ4n) is 2.29. The van der Waals surface area contributed by atoms with Crippen LogP contribution in [0.5, 0.6) is 11.5 Å². The SMILES string of the molecule is O=C(COc1ccc(F)cc1)N/N=C\c1ccc(OCc2ccc(Cl)cc2)cc1. The van der Waals surface area contributed by atoms with Crippen LogP contribution in [-0.2, 0) is 11.4 Å². The van der Waals surface area contributed by atoms with Gasteiger partial charge in [0.2, 0.25) is 0 Å². The molecule has 0 saturated carbocycles. The van der Waals surface area contributed by atoms with Gasteiger partial charge in [0.15, 0.2) is 6.61 Å². The molecule has 148 valence electrons. The molecule has 5 nitrogen and oxygen atoms in total. The van der Waals surface area contributed by atoms with Crippen molar-refractivity contribution in [3.63, 3.8) is 0 Å². The van der Waals surface area contributed by atoms with E-state index >= 15 is 0 Å². The van der Waals surface area contributed by atoms with E-state index in [1.54, 1.807) is 0 Å². The average molecular weight is 413 g/mol. The zero-order chi connectivity index (χ0) is 20.5. The van der Waals surface area contributed by atoms with Crippen molar-refractivity contribution in [2.24, 2.45) is 5.10 Å². The van der Waals surface area contributed by atoms with Crippen LogP contribution in [0.25, 0.3) is 0 Å². The van der Waals surface area contributed by atoms with E-state index in [9.17, 15) is 9.18 Å². The Balaban J connectivity index is 1.41. The van der Waals surface area contributed by atoms with Gasteiger partial charge in [-0.1, -0.05) is 23.7 Å². The standard InChI is InChI=1S/C22H18ClFN2O3/c23-18-5-1-17(2-6-18)14-28-20-9-3-16(4-10-20)13-25-26-22(27)15-29-21-11-7-19(24)8-12-21/h1-13H,14-15H2,(H,26,27)/b25-13-. The Kier molecular flexibility index (Phi) is 7.19. The van der Waals surface area contributed by atoms with E-state index in [1.807, 2.05) is 48.5 Å². The van der Waals surface area contributed by atoms with E-state index in [1.165, 1.54) is 30.5 Å². The molecule has 7 heteroatoms. The second-order valence-electron chi connectivity index (χ2n) is 6.02. The van der Waals surface area contributed by atoms with Gasteiger partial charge in [-0.3, -0.25) is 4.79 Å². The Labute approximate surface area is 172 Å². The van der Waals surface area contributed by atoms with Crippen molar-refractivity contribution in [1.82, 2.24) is 5.43 Å². The van der Waals surface area contributed by atoms with Gasteiger partial charge in [0.25, 0.3) is 5.91 Å². The first kappa shape index (κ1) is 20.4. The van der Waals surface area contributed by atoms with Crippen molar-refractivity contribution in [2.75, 3.05) is 6.61 Å². The van der Waals surface area contributed by atoms with Crippen LogP contribution in [0.3, 0.4) is 0 Å². The zero-order valence-corrected chi connectivity index (χ0v) is 16.1. The molecule has 3 aromatic rings. The number of halogens is 2. The van der Waals surface area contributed by atoms with E-state index < -0.39 is 5.91 Å². The summed E-state index contributed by atoms with van der Waals surface area (Å²) < 4.78 is 23.8. The third-order valence-electron chi connectivity index (χ3n) is 3.79. The number of hydrazone groups is 1. The number of amides is 1. The molecular formula is C22H18ClFN2O3. The van der Waals surface area contributed by atoms with Gasteiger partial charge in [-0.05, 0) is 71.8 Å². The van der Waals surface area contributed by atoms with Gasteiger partial charge in [-0.2, -0.15) is 5.10 Å². The topological polar surface area (TPSA) is 59.9 Å². The lowest BCUT2D eigenvalue weighted by molar-refractivity contribution is -0.123. The highest BCUT2D eigenvalue weighted by molar-refractivity contribution is 6.30. The summed E-state index contributed by atoms with van der Waals surface area (Å²) in [5, 5.41) is 4.57. The van der Waals surface area contributed by atoms with Crippen molar-refractivity contribution in [2.45, 2.75) is 6.61 Å².